The van der Waals surface area contributed by atoms with E-state index in [2.05, 4.69) is 26.5 Å². The average Bonchev–Trinajstić information content (AvgIpc) is 3.44. The van der Waals surface area contributed by atoms with Crippen LogP contribution in [0.1, 0.15) is 37.8 Å². The Morgan fingerprint density at radius 1 is 0.949 bits per heavy atom. The molecule has 3 aromatic carbocycles. The van der Waals surface area contributed by atoms with Crippen LogP contribution in [-0.2, 0) is 4.79 Å². The van der Waals surface area contributed by atoms with Gasteiger partial charge in [-0.25, -0.2) is 4.98 Å². The molecule has 8 nitrogen and oxygen atoms in total. The highest BCUT2D eigenvalue weighted by molar-refractivity contribution is 5.86. The molecule has 1 aliphatic heterocycles. The van der Waals surface area contributed by atoms with Crippen molar-refractivity contribution in [1.82, 2.24) is 20.1 Å². The quantitative estimate of drug-likeness (QED) is 0.207. The third kappa shape index (κ3) is 6.52. The van der Waals surface area contributed by atoms with E-state index in [1.165, 1.54) is 25.9 Å². The summed E-state index contributed by atoms with van der Waals surface area (Å²) >= 11 is 0. The van der Waals surface area contributed by atoms with Gasteiger partial charge in [-0.3, -0.25) is 9.69 Å². The van der Waals surface area contributed by atoms with E-state index < -0.39 is 0 Å². The van der Waals surface area contributed by atoms with Crippen molar-refractivity contribution in [2.45, 2.75) is 40.5 Å². The molecule has 39 heavy (non-hydrogen) atoms. The van der Waals surface area contributed by atoms with Gasteiger partial charge in [0.2, 0.25) is 5.95 Å². The number of hydrogen-bond acceptors (Lipinski definition) is 8. The summed E-state index contributed by atoms with van der Waals surface area (Å²) in [6.45, 7) is 11.7. The molecule has 1 saturated heterocycles. The summed E-state index contributed by atoms with van der Waals surface area (Å²) in [5.41, 5.74) is 6.32. The van der Waals surface area contributed by atoms with E-state index in [0.29, 0.717) is 23.8 Å². The van der Waals surface area contributed by atoms with Gasteiger partial charge < -0.3 is 14.8 Å². The van der Waals surface area contributed by atoms with Crippen LogP contribution in [0.15, 0.2) is 54.6 Å². The molecule has 0 atom stereocenters. The van der Waals surface area contributed by atoms with Crippen LogP contribution in [0.25, 0.3) is 22.2 Å². The number of esters is 1. The molecule has 0 amide bonds. The Hall–Kier alpha value is -4.04. The summed E-state index contributed by atoms with van der Waals surface area (Å²) in [5, 5.41) is 12.0. The number of rotatable bonds is 9. The average molecular weight is 526 g/mol. The molecule has 0 radical (unpaired) electrons. The first-order valence-corrected chi connectivity index (χ1v) is 13.6. The Kier molecular flexibility index (Phi) is 8.02. The van der Waals surface area contributed by atoms with Crippen molar-refractivity contribution in [3.8, 4) is 22.6 Å². The Morgan fingerprint density at radius 3 is 2.44 bits per heavy atom. The molecule has 0 bridgehead atoms. The molecule has 8 heteroatoms. The first kappa shape index (κ1) is 26.6. The summed E-state index contributed by atoms with van der Waals surface area (Å²) in [6.07, 6.45) is 2.58. The number of benzene rings is 3. The van der Waals surface area contributed by atoms with Gasteiger partial charge in [-0.2, -0.15) is 0 Å². The van der Waals surface area contributed by atoms with Crippen LogP contribution in [0.2, 0.25) is 0 Å². The van der Waals surface area contributed by atoms with Crippen molar-refractivity contribution in [1.29, 1.82) is 0 Å². The second-order valence-electron chi connectivity index (χ2n) is 10.4. The Balaban J connectivity index is 1.29. The lowest BCUT2D eigenvalue weighted by Gasteiger charge is -2.15. The van der Waals surface area contributed by atoms with E-state index in [4.69, 9.17) is 14.5 Å². The maximum atomic E-state index is 12.1. The molecule has 4 aromatic rings. The molecular weight excluding hydrogens is 490 g/mol. The molecule has 1 fully saturated rings. The fourth-order valence-electron chi connectivity index (χ4n) is 4.69. The van der Waals surface area contributed by atoms with Crippen LogP contribution in [0.4, 0.5) is 11.6 Å². The number of aryl methyl sites for hydroxylation is 2. The molecule has 5 rings (SSSR count). The fraction of sp³-hybridized carbons (Fsp3) is 0.355. The zero-order chi connectivity index (χ0) is 27.4. The van der Waals surface area contributed by atoms with Gasteiger partial charge in [0, 0.05) is 12.2 Å². The van der Waals surface area contributed by atoms with E-state index >= 15 is 0 Å². The largest absolute Gasteiger partial charge is 0.492 e. The number of nitrogens with one attached hydrogen (secondary N) is 1. The molecule has 0 saturated carbocycles. The molecule has 0 unspecified atom stereocenters. The molecule has 1 aromatic heterocycles. The lowest BCUT2D eigenvalue weighted by Crippen LogP contribution is -2.25. The normalized spacial score (nSPS) is 13.7. The summed E-state index contributed by atoms with van der Waals surface area (Å²) in [6, 6.07) is 17.5. The van der Waals surface area contributed by atoms with Gasteiger partial charge in [0.1, 0.15) is 23.6 Å². The highest BCUT2D eigenvalue weighted by Crippen LogP contribution is 2.31. The summed E-state index contributed by atoms with van der Waals surface area (Å²) in [7, 11) is 0. The van der Waals surface area contributed by atoms with Crippen molar-refractivity contribution in [3.05, 3.63) is 65.7 Å². The molecule has 2 heterocycles. The van der Waals surface area contributed by atoms with E-state index in [1.807, 2.05) is 76.2 Å². The topological polar surface area (TPSA) is 89.5 Å². The van der Waals surface area contributed by atoms with Crippen LogP contribution < -0.4 is 14.8 Å². The second kappa shape index (κ2) is 11.8. The molecule has 0 spiro atoms. The molecular formula is C31H35N5O3. The summed E-state index contributed by atoms with van der Waals surface area (Å²) in [4.78, 5) is 19.2. The molecule has 0 aliphatic carbocycles. The number of hydrogen-bond donors (Lipinski definition) is 1. The van der Waals surface area contributed by atoms with E-state index in [9.17, 15) is 4.79 Å². The van der Waals surface area contributed by atoms with Crippen molar-refractivity contribution < 1.29 is 14.3 Å². The van der Waals surface area contributed by atoms with Gasteiger partial charge in [0.25, 0.3) is 0 Å². The summed E-state index contributed by atoms with van der Waals surface area (Å²) in [5.74, 6) is 1.35. The van der Waals surface area contributed by atoms with Gasteiger partial charge in [0.05, 0.1) is 11.4 Å². The van der Waals surface area contributed by atoms with Gasteiger partial charge in [-0.15, -0.1) is 10.2 Å². The SMILES string of the molecule is Cc1ccc(OC(=O)C(C)C)cc1-c1cc(C)c2nc(Nc3ccc(OCCN4CCCC4)cc3)nnc2c1. The maximum Gasteiger partial charge on any atom is 0.313 e. The van der Waals surface area contributed by atoms with Crippen molar-refractivity contribution in [2.24, 2.45) is 5.92 Å². The highest BCUT2D eigenvalue weighted by atomic mass is 16.5. The molecule has 1 aliphatic rings. The first-order valence-electron chi connectivity index (χ1n) is 13.6. The number of likely N-dealkylation sites (tertiary alicyclic amines) is 1. The van der Waals surface area contributed by atoms with E-state index in [-0.39, 0.29) is 11.9 Å². The maximum absolute atomic E-state index is 12.1. The van der Waals surface area contributed by atoms with Crippen LogP contribution in [0.3, 0.4) is 0 Å². The number of carbonyl (C=O) groups excluding carboxylic acids is 1. The van der Waals surface area contributed by atoms with Crippen molar-refractivity contribution in [2.75, 3.05) is 31.6 Å². The Labute approximate surface area is 229 Å². The lowest BCUT2D eigenvalue weighted by atomic mass is 9.98. The van der Waals surface area contributed by atoms with E-state index in [0.717, 1.165) is 45.8 Å². The zero-order valence-corrected chi connectivity index (χ0v) is 23.0. The minimum absolute atomic E-state index is 0.197. The second-order valence-corrected chi connectivity index (χ2v) is 10.4. The standard InChI is InChI=1S/C31H35N5O3/c1-20(2)30(37)39-26-10-7-21(3)27(19-26)23-17-22(4)29-28(18-23)34-35-31(33-29)32-24-8-11-25(12-9-24)38-16-15-36-13-5-6-14-36/h7-12,17-20H,5-6,13-16H2,1-4H3,(H,32,33,35). The number of ether oxygens (including phenoxy) is 2. The lowest BCUT2D eigenvalue weighted by molar-refractivity contribution is -0.137. The van der Waals surface area contributed by atoms with Crippen molar-refractivity contribution in [3.63, 3.8) is 0 Å². The minimum atomic E-state index is -0.255. The fourth-order valence-corrected chi connectivity index (χ4v) is 4.69. The Bertz CT molecular complexity index is 1460. The van der Waals surface area contributed by atoms with Crippen molar-refractivity contribution >= 4 is 28.6 Å². The molecule has 202 valence electrons. The number of nitrogens with zero attached hydrogens (tertiary/aromatic N) is 4. The van der Waals surface area contributed by atoms with Gasteiger partial charge in [-0.1, -0.05) is 19.9 Å². The predicted octanol–water partition coefficient (Wildman–Crippen LogP) is 6.09. The zero-order valence-electron chi connectivity index (χ0n) is 23.0. The third-order valence-corrected chi connectivity index (χ3v) is 6.95. The number of aromatic nitrogens is 3. The third-order valence-electron chi connectivity index (χ3n) is 6.95. The van der Waals surface area contributed by atoms with E-state index in [1.54, 1.807) is 0 Å². The first-order chi connectivity index (χ1) is 18.9. The van der Waals surface area contributed by atoms with Crippen LogP contribution in [0.5, 0.6) is 11.5 Å². The summed E-state index contributed by atoms with van der Waals surface area (Å²) < 4.78 is 11.4. The van der Waals surface area contributed by atoms with Crippen LogP contribution in [0, 0.1) is 19.8 Å². The minimum Gasteiger partial charge on any atom is -0.492 e. The Morgan fingerprint density at radius 2 is 1.69 bits per heavy atom. The monoisotopic (exact) mass is 525 g/mol. The van der Waals surface area contributed by atoms with Gasteiger partial charge in [-0.05, 0) is 111 Å². The van der Waals surface area contributed by atoms with Crippen LogP contribution in [-0.4, -0.2) is 52.3 Å². The molecule has 1 N–H and O–H groups in total. The predicted molar refractivity (Wildman–Crippen MR) is 154 cm³/mol. The number of fused-ring (bicyclic) bond motifs is 1. The van der Waals surface area contributed by atoms with Crippen LogP contribution >= 0.6 is 0 Å². The number of carbonyl (C=O) groups is 1. The number of anilines is 2. The van der Waals surface area contributed by atoms with Gasteiger partial charge >= 0.3 is 5.97 Å². The van der Waals surface area contributed by atoms with Gasteiger partial charge in [0.15, 0.2) is 0 Å². The highest BCUT2D eigenvalue weighted by Gasteiger charge is 2.14. The smallest absolute Gasteiger partial charge is 0.313 e.